The number of rotatable bonds is 3. The number of thiazole rings is 1. The molecule has 0 bridgehead atoms. The number of hydrogen-bond acceptors (Lipinski definition) is 7. The van der Waals surface area contributed by atoms with Crippen molar-refractivity contribution in [2.45, 2.75) is 4.90 Å². The van der Waals surface area contributed by atoms with Crippen molar-refractivity contribution >= 4 is 44.4 Å². The van der Waals surface area contributed by atoms with Crippen LogP contribution >= 0.6 is 23.1 Å². The van der Waals surface area contributed by atoms with Gasteiger partial charge in [0.1, 0.15) is 13.2 Å². The number of benzene rings is 2. The molecule has 2 aliphatic rings. The van der Waals surface area contributed by atoms with Crippen molar-refractivity contribution in [3.05, 3.63) is 42.0 Å². The summed E-state index contributed by atoms with van der Waals surface area (Å²) in [5.41, 5.74) is 1.69. The Labute approximate surface area is 177 Å². The Hall–Kier alpha value is -2.45. The quantitative estimate of drug-likeness (QED) is 0.594. The lowest BCUT2D eigenvalue weighted by molar-refractivity contribution is 0.0745. The fraction of sp³-hybridized carbons (Fsp3) is 0.333. The molecule has 0 saturated carbocycles. The molecule has 1 aromatic heterocycles. The number of hydrogen-bond donors (Lipinski definition) is 0. The van der Waals surface area contributed by atoms with Gasteiger partial charge in [-0.3, -0.25) is 4.79 Å². The van der Waals surface area contributed by atoms with Crippen molar-refractivity contribution < 1.29 is 14.3 Å². The molecule has 3 aromatic rings. The van der Waals surface area contributed by atoms with Crippen LogP contribution in [0.3, 0.4) is 0 Å². The Morgan fingerprint density at radius 3 is 2.62 bits per heavy atom. The second kappa shape index (κ2) is 7.76. The van der Waals surface area contributed by atoms with E-state index < -0.39 is 0 Å². The van der Waals surface area contributed by atoms with E-state index in [1.165, 1.54) is 9.60 Å². The lowest BCUT2D eigenvalue weighted by atomic mass is 10.1. The summed E-state index contributed by atoms with van der Waals surface area (Å²) < 4.78 is 12.4. The Morgan fingerprint density at radius 1 is 1.03 bits per heavy atom. The van der Waals surface area contributed by atoms with Crippen LogP contribution in [0.1, 0.15) is 10.4 Å². The molecule has 2 aromatic carbocycles. The van der Waals surface area contributed by atoms with Crippen LogP contribution in [-0.2, 0) is 0 Å². The highest BCUT2D eigenvalue weighted by Crippen LogP contribution is 2.33. The number of fused-ring (bicyclic) bond motifs is 2. The lowest BCUT2D eigenvalue weighted by Crippen LogP contribution is -2.48. The van der Waals surface area contributed by atoms with E-state index in [2.05, 4.69) is 29.4 Å². The van der Waals surface area contributed by atoms with Gasteiger partial charge in [0.25, 0.3) is 5.91 Å². The first-order valence-electron chi connectivity index (χ1n) is 9.60. The number of thioether (sulfide) groups is 1. The van der Waals surface area contributed by atoms with Crippen LogP contribution in [0.2, 0.25) is 0 Å². The van der Waals surface area contributed by atoms with Crippen LogP contribution < -0.4 is 14.4 Å². The predicted octanol–water partition coefficient (Wildman–Crippen LogP) is 3.75. The third-order valence-electron chi connectivity index (χ3n) is 5.21. The monoisotopic (exact) mass is 427 g/mol. The molecule has 3 heterocycles. The van der Waals surface area contributed by atoms with Crippen LogP contribution in [0.4, 0.5) is 5.13 Å². The number of amides is 1. The minimum Gasteiger partial charge on any atom is -0.486 e. The van der Waals surface area contributed by atoms with Gasteiger partial charge in [0, 0.05) is 36.6 Å². The zero-order chi connectivity index (χ0) is 19.8. The number of nitrogens with zero attached hydrogens (tertiary/aromatic N) is 3. The van der Waals surface area contributed by atoms with E-state index in [4.69, 9.17) is 14.5 Å². The van der Waals surface area contributed by atoms with E-state index in [1.807, 2.05) is 17.0 Å². The van der Waals surface area contributed by atoms with Gasteiger partial charge in [0.2, 0.25) is 0 Å². The SMILES string of the molecule is CSc1ccc2nc(N3CCN(C(=O)c4ccc5c(c4)OCCO5)CC3)sc2c1. The molecule has 8 heteroatoms. The summed E-state index contributed by atoms with van der Waals surface area (Å²) in [6.45, 7) is 3.99. The van der Waals surface area contributed by atoms with Gasteiger partial charge in [-0.05, 0) is 42.7 Å². The van der Waals surface area contributed by atoms with Crippen molar-refractivity contribution in [1.82, 2.24) is 9.88 Å². The molecule has 5 rings (SSSR count). The second-order valence-corrected chi connectivity index (χ2v) is 8.86. The molecule has 0 spiro atoms. The Balaban J connectivity index is 1.27. The van der Waals surface area contributed by atoms with Crippen LogP contribution in [0.25, 0.3) is 10.2 Å². The molecule has 1 saturated heterocycles. The fourth-order valence-corrected chi connectivity index (χ4v) is 5.19. The standard InChI is InChI=1S/C21H21N3O3S2/c1-28-15-3-4-16-19(13-15)29-21(22-16)24-8-6-23(7-9-24)20(25)14-2-5-17-18(12-14)27-11-10-26-17/h2-5,12-13H,6-11H2,1H3. The summed E-state index contributed by atoms with van der Waals surface area (Å²) in [5.74, 6) is 1.40. The molecule has 0 N–H and O–H groups in total. The van der Waals surface area contributed by atoms with E-state index in [-0.39, 0.29) is 5.91 Å². The molecule has 6 nitrogen and oxygen atoms in total. The number of carbonyl (C=O) groups is 1. The topological polar surface area (TPSA) is 54.9 Å². The Kier molecular flexibility index (Phi) is 4.97. The van der Waals surface area contributed by atoms with Crippen molar-refractivity contribution in [1.29, 1.82) is 0 Å². The molecule has 0 aliphatic carbocycles. The van der Waals surface area contributed by atoms with E-state index in [1.54, 1.807) is 29.2 Å². The number of aromatic nitrogens is 1. The highest BCUT2D eigenvalue weighted by Gasteiger charge is 2.25. The molecule has 1 amide bonds. The van der Waals surface area contributed by atoms with Gasteiger partial charge in [-0.1, -0.05) is 11.3 Å². The average Bonchev–Trinajstić information content (AvgIpc) is 3.21. The smallest absolute Gasteiger partial charge is 0.254 e. The molecule has 0 radical (unpaired) electrons. The van der Waals surface area contributed by atoms with Gasteiger partial charge in [0.05, 0.1) is 10.2 Å². The first kappa shape index (κ1) is 18.6. The minimum absolute atomic E-state index is 0.0375. The van der Waals surface area contributed by atoms with Crippen LogP contribution in [-0.4, -0.2) is 61.4 Å². The van der Waals surface area contributed by atoms with Crippen LogP contribution in [0, 0.1) is 0 Å². The maximum absolute atomic E-state index is 12.9. The largest absolute Gasteiger partial charge is 0.486 e. The summed E-state index contributed by atoms with van der Waals surface area (Å²) in [7, 11) is 0. The number of carbonyl (C=O) groups excluding carboxylic acids is 1. The minimum atomic E-state index is 0.0375. The molecule has 2 aliphatic heterocycles. The predicted molar refractivity (Wildman–Crippen MR) is 117 cm³/mol. The van der Waals surface area contributed by atoms with Crippen molar-refractivity contribution in [2.24, 2.45) is 0 Å². The first-order chi connectivity index (χ1) is 14.2. The van der Waals surface area contributed by atoms with E-state index >= 15 is 0 Å². The maximum atomic E-state index is 12.9. The normalized spacial score (nSPS) is 16.3. The average molecular weight is 428 g/mol. The van der Waals surface area contributed by atoms with Crippen molar-refractivity contribution in [2.75, 3.05) is 50.5 Å². The number of piperazine rings is 1. The molecule has 29 heavy (non-hydrogen) atoms. The molecule has 1 fully saturated rings. The molecule has 0 unspecified atom stereocenters. The lowest BCUT2D eigenvalue weighted by Gasteiger charge is -2.34. The molecule has 0 atom stereocenters. The van der Waals surface area contributed by atoms with Crippen LogP contribution in [0.5, 0.6) is 11.5 Å². The first-order valence-corrected chi connectivity index (χ1v) is 11.6. The van der Waals surface area contributed by atoms with Crippen molar-refractivity contribution in [3.8, 4) is 11.5 Å². The zero-order valence-corrected chi connectivity index (χ0v) is 17.7. The van der Waals surface area contributed by atoms with Crippen molar-refractivity contribution in [3.63, 3.8) is 0 Å². The van der Waals surface area contributed by atoms with E-state index in [0.717, 1.165) is 23.7 Å². The summed E-state index contributed by atoms with van der Waals surface area (Å²) in [6.07, 6.45) is 2.08. The Morgan fingerprint density at radius 2 is 1.83 bits per heavy atom. The van der Waals surface area contributed by atoms with Gasteiger partial charge >= 0.3 is 0 Å². The summed E-state index contributed by atoms with van der Waals surface area (Å²) in [5, 5.41) is 1.03. The molecule has 150 valence electrons. The Bertz CT molecular complexity index is 1060. The van der Waals surface area contributed by atoms with Gasteiger partial charge in [-0.15, -0.1) is 11.8 Å². The van der Waals surface area contributed by atoms with E-state index in [9.17, 15) is 4.79 Å². The van der Waals surface area contributed by atoms with Gasteiger partial charge in [0.15, 0.2) is 16.6 Å². The maximum Gasteiger partial charge on any atom is 0.254 e. The van der Waals surface area contributed by atoms with Crippen LogP contribution in [0.15, 0.2) is 41.3 Å². The molecular weight excluding hydrogens is 406 g/mol. The third-order valence-corrected chi connectivity index (χ3v) is 7.02. The van der Waals surface area contributed by atoms with E-state index in [0.29, 0.717) is 43.4 Å². The fourth-order valence-electron chi connectivity index (χ4n) is 3.61. The molecular formula is C21H21N3O3S2. The second-order valence-electron chi connectivity index (χ2n) is 6.97. The van der Waals surface area contributed by atoms with Gasteiger partial charge in [-0.25, -0.2) is 4.98 Å². The summed E-state index contributed by atoms with van der Waals surface area (Å²) in [4.78, 5) is 23.2. The highest BCUT2D eigenvalue weighted by atomic mass is 32.2. The number of anilines is 1. The van der Waals surface area contributed by atoms with Gasteiger partial charge in [-0.2, -0.15) is 0 Å². The summed E-state index contributed by atoms with van der Waals surface area (Å²) >= 11 is 3.47. The zero-order valence-electron chi connectivity index (χ0n) is 16.1. The van der Waals surface area contributed by atoms with Gasteiger partial charge < -0.3 is 19.3 Å². The summed E-state index contributed by atoms with van der Waals surface area (Å²) in [6, 6.07) is 11.8. The third kappa shape index (κ3) is 3.62. The number of ether oxygens (including phenoxy) is 2. The highest BCUT2D eigenvalue weighted by molar-refractivity contribution is 7.98.